The van der Waals surface area contributed by atoms with Crippen molar-refractivity contribution in [2.24, 2.45) is 0 Å². The lowest BCUT2D eigenvalue weighted by atomic mass is 10.1. The van der Waals surface area contributed by atoms with Crippen molar-refractivity contribution in [3.8, 4) is 5.75 Å². The molecule has 1 amide bonds. The van der Waals surface area contributed by atoms with Crippen LogP contribution in [0, 0.1) is 13.8 Å². The van der Waals surface area contributed by atoms with Gasteiger partial charge in [0.2, 0.25) is 0 Å². The van der Waals surface area contributed by atoms with Crippen molar-refractivity contribution in [1.82, 2.24) is 4.90 Å². The van der Waals surface area contributed by atoms with Crippen LogP contribution in [0.25, 0.3) is 0 Å². The number of benzene rings is 1. The van der Waals surface area contributed by atoms with E-state index in [1.54, 1.807) is 0 Å². The van der Waals surface area contributed by atoms with Crippen LogP contribution >= 0.6 is 0 Å². The molecule has 110 valence electrons. The van der Waals surface area contributed by atoms with Gasteiger partial charge in [-0.3, -0.25) is 4.79 Å². The second-order valence-corrected chi connectivity index (χ2v) is 5.61. The minimum absolute atomic E-state index is 0.0203. The number of amides is 1. The van der Waals surface area contributed by atoms with Crippen LogP contribution in [-0.4, -0.2) is 42.7 Å². The third-order valence-electron chi connectivity index (χ3n) is 3.45. The molecular formula is C16H23NO3. The molecule has 4 heteroatoms. The Morgan fingerprint density at radius 2 is 1.95 bits per heavy atom. The van der Waals surface area contributed by atoms with Crippen molar-refractivity contribution >= 4 is 5.91 Å². The van der Waals surface area contributed by atoms with Crippen LogP contribution in [0.15, 0.2) is 18.2 Å². The first-order chi connectivity index (χ1) is 9.45. The van der Waals surface area contributed by atoms with Gasteiger partial charge < -0.3 is 14.4 Å². The molecule has 1 saturated heterocycles. The van der Waals surface area contributed by atoms with Gasteiger partial charge in [0, 0.05) is 13.1 Å². The lowest BCUT2D eigenvalue weighted by Crippen LogP contribution is -2.49. The summed E-state index contributed by atoms with van der Waals surface area (Å²) in [6.45, 7) is 9.37. The summed E-state index contributed by atoms with van der Waals surface area (Å²) in [5.41, 5.74) is 2.25. The number of aryl methyl sites for hydroxylation is 2. The number of hydrogen-bond donors (Lipinski definition) is 0. The fourth-order valence-corrected chi connectivity index (χ4v) is 2.57. The molecule has 20 heavy (non-hydrogen) atoms. The van der Waals surface area contributed by atoms with Crippen molar-refractivity contribution in [3.63, 3.8) is 0 Å². The van der Waals surface area contributed by atoms with Crippen molar-refractivity contribution in [2.45, 2.75) is 39.9 Å². The maximum Gasteiger partial charge on any atom is 0.260 e. The van der Waals surface area contributed by atoms with Gasteiger partial charge in [0.15, 0.2) is 6.61 Å². The highest BCUT2D eigenvalue weighted by Gasteiger charge is 2.26. The molecule has 1 fully saturated rings. The lowest BCUT2D eigenvalue weighted by molar-refractivity contribution is -0.145. The average molecular weight is 277 g/mol. The van der Waals surface area contributed by atoms with Crippen LogP contribution in [0.4, 0.5) is 0 Å². The number of rotatable bonds is 3. The summed E-state index contributed by atoms with van der Waals surface area (Å²) in [5, 5.41) is 0. The zero-order chi connectivity index (χ0) is 14.7. The van der Waals surface area contributed by atoms with E-state index in [9.17, 15) is 4.79 Å². The van der Waals surface area contributed by atoms with E-state index in [0.717, 1.165) is 11.3 Å². The predicted octanol–water partition coefficient (Wildman–Crippen LogP) is 2.32. The van der Waals surface area contributed by atoms with Gasteiger partial charge in [0.25, 0.3) is 5.91 Å². The van der Waals surface area contributed by atoms with Crippen LogP contribution < -0.4 is 4.74 Å². The van der Waals surface area contributed by atoms with E-state index in [2.05, 4.69) is 6.07 Å². The number of ether oxygens (including phenoxy) is 2. The monoisotopic (exact) mass is 277 g/mol. The van der Waals surface area contributed by atoms with Gasteiger partial charge in [-0.25, -0.2) is 0 Å². The SMILES string of the molecule is Cc1ccc(OCC(=O)N2CC(C)OC(C)C2)c(C)c1. The Bertz CT molecular complexity index is 477. The Hall–Kier alpha value is -1.55. The fraction of sp³-hybridized carbons (Fsp3) is 0.562. The Kier molecular flexibility index (Phi) is 4.65. The van der Waals surface area contributed by atoms with Gasteiger partial charge in [-0.1, -0.05) is 17.7 Å². The van der Waals surface area contributed by atoms with Crippen LogP contribution in [-0.2, 0) is 9.53 Å². The molecule has 1 heterocycles. The Labute approximate surface area is 120 Å². The number of carbonyl (C=O) groups is 1. The van der Waals surface area contributed by atoms with Crippen molar-refractivity contribution < 1.29 is 14.3 Å². The van der Waals surface area contributed by atoms with Crippen LogP contribution in [0.1, 0.15) is 25.0 Å². The van der Waals surface area contributed by atoms with Gasteiger partial charge in [0.05, 0.1) is 12.2 Å². The predicted molar refractivity (Wildman–Crippen MR) is 78.0 cm³/mol. The Morgan fingerprint density at radius 1 is 1.30 bits per heavy atom. The highest BCUT2D eigenvalue weighted by molar-refractivity contribution is 5.78. The molecule has 0 spiro atoms. The minimum Gasteiger partial charge on any atom is -0.484 e. The molecule has 0 radical (unpaired) electrons. The molecule has 0 aromatic heterocycles. The molecule has 1 aromatic carbocycles. The molecule has 0 saturated carbocycles. The van der Waals surface area contributed by atoms with E-state index in [-0.39, 0.29) is 24.7 Å². The fourth-order valence-electron chi connectivity index (χ4n) is 2.57. The van der Waals surface area contributed by atoms with E-state index in [1.165, 1.54) is 5.56 Å². The summed E-state index contributed by atoms with van der Waals surface area (Å²) >= 11 is 0. The largest absolute Gasteiger partial charge is 0.484 e. The first kappa shape index (κ1) is 14.9. The van der Waals surface area contributed by atoms with Gasteiger partial charge >= 0.3 is 0 Å². The second kappa shape index (κ2) is 6.27. The molecule has 0 bridgehead atoms. The van der Waals surface area contributed by atoms with Crippen LogP contribution in [0.2, 0.25) is 0 Å². The minimum atomic E-state index is 0.0203. The quantitative estimate of drug-likeness (QED) is 0.851. The number of hydrogen-bond acceptors (Lipinski definition) is 3. The molecule has 2 unspecified atom stereocenters. The van der Waals surface area contributed by atoms with Crippen LogP contribution in [0.3, 0.4) is 0 Å². The molecule has 1 aromatic rings. The smallest absolute Gasteiger partial charge is 0.260 e. The molecular weight excluding hydrogens is 254 g/mol. The molecule has 1 aliphatic rings. The normalized spacial score (nSPS) is 22.7. The second-order valence-electron chi connectivity index (χ2n) is 5.61. The van der Waals surface area contributed by atoms with Crippen molar-refractivity contribution in [2.75, 3.05) is 19.7 Å². The summed E-state index contributed by atoms with van der Waals surface area (Å²) in [5.74, 6) is 0.797. The van der Waals surface area contributed by atoms with E-state index in [4.69, 9.17) is 9.47 Å². The van der Waals surface area contributed by atoms with E-state index in [1.807, 2.05) is 44.7 Å². The van der Waals surface area contributed by atoms with Crippen molar-refractivity contribution in [1.29, 1.82) is 0 Å². The molecule has 2 rings (SSSR count). The Balaban J connectivity index is 1.91. The van der Waals surface area contributed by atoms with Gasteiger partial charge in [-0.2, -0.15) is 0 Å². The van der Waals surface area contributed by atoms with Crippen molar-refractivity contribution in [3.05, 3.63) is 29.3 Å². The van der Waals surface area contributed by atoms with Gasteiger partial charge in [0.1, 0.15) is 5.75 Å². The zero-order valence-electron chi connectivity index (χ0n) is 12.7. The zero-order valence-corrected chi connectivity index (χ0v) is 12.7. The Morgan fingerprint density at radius 3 is 2.55 bits per heavy atom. The van der Waals surface area contributed by atoms with Gasteiger partial charge in [-0.05, 0) is 39.3 Å². The summed E-state index contributed by atoms with van der Waals surface area (Å²) < 4.78 is 11.3. The number of nitrogens with zero attached hydrogens (tertiary/aromatic N) is 1. The highest BCUT2D eigenvalue weighted by atomic mass is 16.5. The summed E-state index contributed by atoms with van der Waals surface area (Å²) in [6, 6.07) is 5.97. The first-order valence-corrected chi connectivity index (χ1v) is 7.09. The molecule has 2 atom stereocenters. The third-order valence-corrected chi connectivity index (χ3v) is 3.45. The maximum absolute atomic E-state index is 12.2. The summed E-state index contributed by atoms with van der Waals surface area (Å²) in [6.07, 6.45) is 0.174. The standard InChI is InChI=1S/C16H23NO3/c1-11-5-6-15(12(2)7-11)19-10-16(18)17-8-13(3)20-14(4)9-17/h5-7,13-14H,8-10H2,1-4H3. The number of morpholine rings is 1. The van der Waals surface area contributed by atoms with E-state index >= 15 is 0 Å². The maximum atomic E-state index is 12.2. The molecule has 0 N–H and O–H groups in total. The van der Waals surface area contributed by atoms with Gasteiger partial charge in [-0.15, -0.1) is 0 Å². The molecule has 1 aliphatic heterocycles. The topological polar surface area (TPSA) is 38.8 Å². The third kappa shape index (κ3) is 3.73. The molecule has 4 nitrogen and oxygen atoms in total. The summed E-state index contributed by atoms with van der Waals surface area (Å²) in [4.78, 5) is 14.0. The highest BCUT2D eigenvalue weighted by Crippen LogP contribution is 2.19. The van der Waals surface area contributed by atoms with E-state index in [0.29, 0.717) is 13.1 Å². The van der Waals surface area contributed by atoms with E-state index < -0.39 is 0 Å². The lowest BCUT2D eigenvalue weighted by Gasteiger charge is -2.35. The number of carbonyl (C=O) groups excluding carboxylic acids is 1. The van der Waals surface area contributed by atoms with Crippen LogP contribution in [0.5, 0.6) is 5.75 Å². The molecule has 0 aliphatic carbocycles. The summed E-state index contributed by atoms with van der Waals surface area (Å²) in [7, 11) is 0. The first-order valence-electron chi connectivity index (χ1n) is 7.09. The average Bonchev–Trinajstić information content (AvgIpc) is 2.36.